The molecule has 1 aliphatic heterocycles. The van der Waals surface area contributed by atoms with Crippen molar-refractivity contribution in [2.75, 3.05) is 41.1 Å². The third-order valence-electron chi connectivity index (χ3n) is 5.21. The molecule has 0 radical (unpaired) electrons. The van der Waals surface area contributed by atoms with Crippen LogP contribution in [0.15, 0.2) is 36.4 Å². The van der Waals surface area contributed by atoms with Crippen molar-refractivity contribution in [2.24, 2.45) is 0 Å². The Morgan fingerprint density at radius 1 is 1.00 bits per heavy atom. The molecule has 2 amide bonds. The predicted molar refractivity (Wildman–Crippen MR) is 121 cm³/mol. The summed E-state index contributed by atoms with van der Waals surface area (Å²) in [6.45, 7) is 1.51. The first kappa shape index (κ1) is 24.2. The van der Waals surface area contributed by atoms with Crippen LogP contribution in [0.5, 0.6) is 23.0 Å². The van der Waals surface area contributed by atoms with E-state index in [2.05, 4.69) is 10.6 Å². The van der Waals surface area contributed by atoms with Crippen molar-refractivity contribution in [3.63, 3.8) is 0 Å². The van der Waals surface area contributed by atoms with Crippen LogP contribution in [0, 0.1) is 0 Å². The van der Waals surface area contributed by atoms with Crippen LogP contribution in [-0.4, -0.2) is 59.0 Å². The number of nitrogens with one attached hydrogen (secondary N) is 2. The van der Waals surface area contributed by atoms with Gasteiger partial charge in [-0.3, -0.25) is 9.59 Å². The lowest BCUT2D eigenvalue weighted by Gasteiger charge is -2.14. The third-order valence-corrected chi connectivity index (χ3v) is 5.21. The van der Waals surface area contributed by atoms with Crippen LogP contribution >= 0.6 is 0 Å². The van der Waals surface area contributed by atoms with Gasteiger partial charge in [-0.2, -0.15) is 0 Å². The zero-order valence-electron chi connectivity index (χ0n) is 19.1. The van der Waals surface area contributed by atoms with Crippen LogP contribution < -0.4 is 29.6 Å². The van der Waals surface area contributed by atoms with Crippen molar-refractivity contribution in [3.05, 3.63) is 47.5 Å². The summed E-state index contributed by atoms with van der Waals surface area (Å²) < 4.78 is 27.0. The average Bonchev–Trinajstić information content (AvgIpc) is 3.38. The monoisotopic (exact) mass is 458 g/mol. The van der Waals surface area contributed by atoms with E-state index in [-0.39, 0.29) is 24.1 Å². The van der Waals surface area contributed by atoms with Crippen LogP contribution in [-0.2, 0) is 16.1 Å². The molecule has 9 nitrogen and oxygen atoms in total. The first-order valence-electron chi connectivity index (χ1n) is 10.7. The van der Waals surface area contributed by atoms with Gasteiger partial charge in [0.05, 0.1) is 34.0 Å². The second-order valence-electron chi connectivity index (χ2n) is 7.46. The van der Waals surface area contributed by atoms with Crippen LogP contribution in [0.4, 0.5) is 0 Å². The Morgan fingerprint density at radius 2 is 1.70 bits per heavy atom. The van der Waals surface area contributed by atoms with Crippen molar-refractivity contribution in [3.8, 4) is 23.0 Å². The molecule has 2 N–H and O–H groups in total. The number of hydrogen-bond acceptors (Lipinski definition) is 7. The molecule has 1 saturated heterocycles. The van der Waals surface area contributed by atoms with Crippen molar-refractivity contribution in [1.82, 2.24) is 10.6 Å². The number of carbonyl (C=O) groups is 2. The molecular formula is C24H30N2O7. The number of ether oxygens (including phenoxy) is 5. The summed E-state index contributed by atoms with van der Waals surface area (Å²) in [5.74, 6) is 1.12. The summed E-state index contributed by atoms with van der Waals surface area (Å²) in [4.78, 5) is 24.7. The van der Waals surface area contributed by atoms with Gasteiger partial charge in [0, 0.05) is 18.7 Å². The van der Waals surface area contributed by atoms with Crippen LogP contribution in [0.25, 0.3) is 0 Å². The molecule has 3 rings (SSSR count). The highest BCUT2D eigenvalue weighted by molar-refractivity contribution is 5.97. The minimum atomic E-state index is -0.433. The molecule has 1 aliphatic rings. The van der Waals surface area contributed by atoms with E-state index in [1.54, 1.807) is 0 Å². The Hall–Kier alpha value is -3.46. The topological polar surface area (TPSA) is 104 Å². The largest absolute Gasteiger partial charge is 0.493 e. The molecule has 178 valence electrons. The van der Waals surface area contributed by atoms with E-state index in [1.807, 2.05) is 24.3 Å². The van der Waals surface area contributed by atoms with Crippen molar-refractivity contribution < 1.29 is 33.3 Å². The summed E-state index contributed by atoms with van der Waals surface area (Å²) in [6.07, 6.45) is 2.27. The predicted octanol–water partition coefficient (Wildman–Crippen LogP) is 2.32. The summed E-state index contributed by atoms with van der Waals surface area (Å²) in [5, 5.41) is 5.37. The Balaban J connectivity index is 1.45. The maximum atomic E-state index is 12.5. The van der Waals surface area contributed by atoms with E-state index >= 15 is 0 Å². The highest BCUT2D eigenvalue weighted by Crippen LogP contribution is 2.38. The quantitative estimate of drug-likeness (QED) is 0.533. The molecule has 9 heteroatoms. The lowest BCUT2D eigenvalue weighted by atomic mass is 10.1. The van der Waals surface area contributed by atoms with E-state index in [4.69, 9.17) is 23.7 Å². The molecule has 1 fully saturated rings. The van der Waals surface area contributed by atoms with Gasteiger partial charge >= 0.3 is 0 Å². The number of hydrogen-bond donors (Lipinski definition) is 2. The second kappa shape index (κ2) is 12.0. The molecule has 1 heterocycles. The SMILES string of the molecule is COc1cc(C(=O)NCC(=O)NCc2ccc(OCC3CCCO3)cc2)cc(OC)c1OC. The molecule has 0 saturated carbocycles. The normalized spacial score (nSPS) is 14.9. The molecule has 2 aromatic carbocycles. The van der Waals surface area contributed by atoms with Gasteiger partial charge < -0.3 is 34.3 Å². The van der Waals surface area contributed by atoms with Gasteiger partial charge in [-0.05, 0) is 42.7 Å². The second-order valence-corrected chi connectivity index (χ2v) is 7.46. The molecular weight excluding hydrogens is 428 g/mol. The maximum Gasteiger partial charge on any atom is 0.251 e. The standard InChI is InChI=1S/C24H30N2O7/c1-29-20-11-17(12-21(30-2)23(20)31-3)24(28)26-14-22(27)25-13-16-6-8-18(9-7-16)33-15-19-5-4-10-32-19/h6-9,11-12,19H,4-5,10,13-15H2,1-3H3,(H,25,27)(H,26,28). The first-order valence-corrected chi connectivity index (χ1v) is 10.7. The highest BCUT2D eigenvalue weighted by Gasteiger charge is 2.18. The smallest absolute Gasteiger partial charge is 0.251 e. The fourth-order valence-electron chi connectivity index (χ4n) is 3.41. The molecule has 0 aliphatic carbocycles. The van der Waals surface area contributed by atoms with E-state index < -0.39 is 5.91 Å². The van der Waals surface area contributed by atoms with E-state index in [1.165, 1.54) is 33.5 Å². The van der Waals surface area contributed by atoms with E-state index in [0.29, 0.717) is 30.4 Å². The number of amides is 2. The molecule has 0 bridgehead atoms. The van der Waals surface area contributed by atoms with Crippen LogP contribution in [0.2, 0.25) is 0 Å². The Bertz CT molecular complexity index is 915. The van der Waals surface area contributed by atoms with E-state index in [9.17, 15) is 9.59 Å². The third kappa shape index (κ3) is 6.76. The van der Waals surface area contributed by atoms with Gasteiger partial charge in [-0.15, -0.1) is 0 Å². The van der Waals surface area contributed by atoms with Gasteiger partial charge in [-0.25, -0.2) is 0 Å². The fourth-order valence-corrected chi connectivity index (χ4v) is 3.41. The number of methoxy groups -OCH3 is 3. The summed E-state index contributed by atoms with van der Waals surface area (Å²) in [6, 6.07) is 10.6. The zero-order chi connectivity index (χ0) is 23.6. The van der Waals surface area contributed by atoms with Gasteiger partial charge in [0.15, 0.2) is 11.5 Å². The molecule has 33 heavy (non-hydrogen) atoms. The Kier molecular flexibility index (Phi) is 8.77. The molecule has 1 atom stereocenters. The van der Waals surface area contributed by atoms with Gasteiger partial charge in [0.2, 0.25) is 11.7 Å². The first-order chi connectivity index (χ1) is 16.0. The lowest BCUT2D eigenvalue weighted by molar-refractivity contribution is -0.120. The number of benzene rings is 2. The van der Waals surface area contributed by atoms with Crippen molar-refractivity contribution in [1.29, 1.82) is 0 Å². The minimum absolute atomic E-state index is 0.166. The zero-order valence-corrected chi connectivity index (χ0v) is 19.1. The summed E-state index contributed by atoms with van der Waals surface area (Å²) >= 11 is 0. The minimum Gasteiger partial charge on any atom is -0.493 e. The number of rotatable bonds is 11. The van der Waals surface area contributed by atoms with E-state index in [0.717, 1.165) is 30.8 Å². The Morgan fingerprint density at radius 3 is 2.27 bits per heavy atom. The van der Waals surface area contributed by atoms with Gasteiger partial charge in [-0.1, -0.05) is 12.1 Å². The fraction of sp³-hybridized carbons (Fsp3) is 0.417. The van der Waals surface area contributed by atoms with Gasteiger partial charge in [0.1, 0.15) is 12.4 Å². The summed E-state index contributed by atoms with van der Waals surface area (Å²) in [7, 11) is 4.42. The molecule has 0 spiro atoms. The average molecular weight is 459 g/mol. The Labute approximate surface area is 193 Å². The van der Waals surface area contributed by atoms with Crippen molar-refractivity contribution in [2.45, 2.75) is 25.5 Å². The van der Waals surface area contributed by atoms with Crippen LogP contribution in [0.1, 0.15) is 28.8 Å². The maximum absolute atomic E-state index is 12.5. The molecule has 0 aromatic heterocycles. The molecule has 1 unspecified atom stereocenters. The van der Waals surface area contributed by atoms with Gasteiger partial charge in [0.25, 0.3) is 5.91 Å². The molecule has 2 aromatic rings. The summed E-state index contributed by atoms with van der Waals surface area (Å²) in [5.41, 5.74) is 1.21. The highest BCUT2D eigenvalue weighted by atomic mass is 16.5. The van der Waals surface area contributed by atoms with Crippen LogP contribution in [0.3, 0.4) is 0 Å². The lowest BCUT2D eigenvalue weighted by Crippen LogP contribution is -2.36. The number of carbonyl (C=O) groups excluding carboxylic acids is 2. The van der Waals surface area contributed by atoms with Crippen molar-refractivity contribution >= 4 is 11.8 Å².